The summed E-state index contributed by atoms with van der Waals surface area (Å²) < 4.78 is 5.68. The van der Waals surface area contributed by atoms with Crippen molar-refractivity contribution in [3.05, 3.63) is 60.2 Å². The second-order valence-corrected chi connectivity index (χ2v) is 5.81. The minimum atomic E-state index is -0.684. The normalized spacial score (nSPS) is 10.4. The highest BCUT2D eigenvalue weighted by Crippen LogP contribution is 2.17. The first-order valence-electron chi connectivity index (χ1n) is 8.05. The molecule has 2 N–H and O–H groups in total. The Hall–Kier alpha value is -2.86. The molecule has 2 aromatic carbocycles. The lowest BCUT2D eigenvalue weighted by molar-refractivity contribution is -0.136. The number of benzene rings is 2. The van der Waals surface area contributed by atoms with E-state index in [1.165, 1.54) is 0 Å². The van der Waals surface area contributed by atoms with Crippen LogP contribution in [0.4, 0.5) is 5.69 Å². The fraction of sp³-hybridized carbons (Fsp3) is 0.263. The summed E-state index contributed by atoms with van der Waals surface area (Å²) >= 11 is 0. The SMILES string of the molecule is CN(C)CCNC(=O)C(=O)Nc1ccc(OCc2ccccc2)cc1. The Bertz CT molecular complexity index is 685. The van der Waals surface area contributed by atoms with Crippen LogP contribution in [0.25, 0.3) is 0 Å². The Labute approximate surface area is 147 Å². The van der Waals surface area contributed by atoms with Gasteiger partial charge >= 0.3 is 11.8 Å². The summed E-state index contributed by atoms with van der Waals surface area (Å²) in [6.07, 6.45) is 0. The molecule has 132 valence electrons. The van der Waals surface area contributed by atoms with Crippen LogP contribution in [-0.4, -0.2) is 43.9 Å². The molecular formula is C19H23N3O3. The van der Waals surface area contributed by atoms with Crippen LogP contribution in [0.3, 0.4) is 0 Å². The van der Waals surface area contributed by atoms with Crippen molar-refractivity contribution in [2.24, 2.45) is 0 Å². The molecule has 6 heteroatoms. The summed E-state index contributed by atoms with van der Waals surface area (Å²) in [6.45, 7) is 1.57. The third-order valence-electron chi connectivity index (χ3n) is 3.41. The molecule has 0 heterocycles. The molecule has 2 rings (SSSR count). The predicted molar refractivity (Wildman–Crippen MR) is 97.4 cm³/mol. The summed E-state index contributed by atoms with van der Waals surface area (Å²) in [5.74, 6) is -0.639. The number of anilines is 1. The van der Waals surface area contributed by atoms with Crippen molar-refractivity contribution in [1.29, 1.82) is 0 Å². The maximum absolute atomic E-state index is 11.8. The predicted octanol–water partition coefficient (Wildman–Crippen LogP) is 1.88. The van der Waals surface area contributed by atoms with Crippen LogP contribution in [0.15, 0.2) is 54.6 Å². The molecule has 0 saturated heterocycles. The van der Waals surface area contributed by atoms with E-state index in [9.17, 15) is 9.59 Å². The zero-order chi connectivity index (χ0) is 18.1. The van der Waals surface area contributed by atoms with Gasteiger partial charge in [-0.05, 0) is 43.9 Å². The lowest BCUT2D eigenvalue weighted by atomic mass is 10.2. The van der Waals surface area contributed by atoms with Gasteiger partial charge in [0.05, 0.1) is 0 Å². The molecule has 0 saturated carbocycles. The van der Waals surface area contributed by atoms with Gasteiger partial charge in [0.15, 0.2) is 0 Å². The summed E-state index contributed by atoms with van der Waals surface area (Å²) in [5, 5.41) is 5.13. The highest BCUT2D eigenvalue weighted by atomic mass is 16.5. The van der Waals surface area contributed by atoms with Crippen LogP contribution in [-0.2, 0) is 16.2 Å². The Kier molecular flexibility index (Phi) is 6.98. The van der Waals surface area contributed by atoms with Crippen molar-refractivity contribution < 1.29 is 14.3 Å². The standard InChI is InChI=1S/C19H23N3O3/c1-22(2)13-12-20-18(23)19(24)21-16-8-10-17(11-9-16)25-14-15-6-4-3-5-7-15/h3-11H,12-14H2,1-2H3,(H,20,23)(H,21,24). The first-order valence-corrected chi connectivity index (χ1v) is 8.05. The molecule has 0 aliphatic carbocycles. The van der Waals surface area contributed by atoms with Gasteiger partial charge in [-0.3, -0.25) is 9.59 Å². The van der Waals surface area contributed by atoms with Crippen molar-refractivity contribution in [2.75, 3.05) is 32.5 Å². The van der Waals surface area contributed by atoms with Gasteiger partial charge in [-0.25, -0.2) is 0 Å². The molecule has 0 aliphatic heterocycles. The van der Waals surface area contributed by atoms with Crippen LogP contribution in [0, 0.1) is 0 Å². The molecule has 6 nitrogen and oxygen atoms in total. The number of hydrogen-bond donors (Lipinski definition) is 2. The molecule has 2 aromatic rings. The van der Waals surface area contributed by atoms with Crippen molar-refractivity contribution in [1.82, 2.24) is 10.2 Å². The van der Waals surface area contributed by atoms with Crippen molar-refractivity contribution in [3.8, 4) is 5.75 Å². The van der Waals surface area contributed by atoms with Crippen LogP contribution in [0.1, 0.15) is 5.56 Å². The second-order valence-electron chi connectivity index (χ2n) is 5.81. The van der Waals surface area contributed by atoms with E-state index < -0.39 is 11.8 Å². The molecule has 0 atom stereocenters. The molecule has 0 bridgehead atoms. The Balaban J connectivity index is 1.79. The molecule has 2 amide bonds. The number of carbonyl (C=O) groups is 2. The van der Waals surface area contributed by atoms with E-state index in [4.69, 9.17) is 4.74 Å². The first kappa shape index (κ1) is 18.5. The van der Waals surface area contributed by atoms with Gasteiger partial charge in [0.1, 0.15) is 12.4 Å². The third-order valence-corrected chi connectivity index (χ3v) is 3.41. The molecule has 0 fully saturated rings. The topological polar surface area (TPSA) is 70.7 Å². The van der Waals surface area contributed by atoms with E-state index in [1.807, 2.05) is 49.3 Å². The number of likely N-dealkylation sites (N-methyl/N-ethyl adjacent to an activating group) is 1. The molecule has 0 unspecified atom stereocenters. The summed E-state index contributed by atoms with van der Waals surface area (Å²) in [6, 6.07) is 16.8. The lowest BCUT2D eigenvalue weighted by Crippen LogP contribution is -2.38. The first-order chi connectivity index (χ1) is 12.0. The van der Waals surface area contributed by atoms with E-state index in [1.54, 1.807) is 24.3 Å². The van der Waals surface area contributed by atoms with Crippen molar-refractivity contribution in [2.45, 2.75) is 6.61 Å². The van der Waals surface area contributed by atoms with Gasteiger partial charge in [0.2, 0.25) is 0 Å². The monoisotopic (exact) mass is 341 g/mol. The van der Waals surface area contributed by atoms with Gasteiger partial charge in [-0.1, -0.05) is 30.3 Å². The molecule has 0 aromatic heterocycles. The minimum Gasteiger partial charge on any atom is -0.489 e. The van der Waals surface area contributed by atoms with E-state index in [0.29, 0.717) is 31.1 Å². The maximum atomic E-state index is 11.8. The van der Waals surface area contributed by atoms with E-state index in [2.05, 4.69) is 10.6 Å². The zero-order valence-corrected chi connectivity index (χ0v) is 14.5. The average molecular weight is 341 g/mol. The number of nitrogens with one attached hydrogen (secondary N) is 2. The number of carbonyl (C=O) groups excluding carboxylic acids is 2. The Morgan fingerprint density at radius 1 is 0.960 bits per heavy atom. The molecule has 0 aliphatic rings. The number of hydrogen-bond acceptors (Lipinski definition) is 4. The van der Waals surface area contributed by atoms with Gasteiger partial charge in [-0.15, -0.1) is 0 Å². The number of amides is 2. The fourth-order valence-corrected chi connectivity index (χ4v) is 2.04. The molecule has 25 heavy (non-hydrogen) atoms. The zero-order valence-electron chi connectivity index (χ0n) is 14.5. The molecular weight excluding hydrogens is 318 g/mol. The van der Waals surface area contributed by atoms with E-state index in [-0.39, 0.29) is 0 Å². The summed E-state index contributed by atoms with van der Waals surface area (Å²) in [7, 11) is 3.79. The quantitative estimate of drug-likeness (QED) is 0.755. The van der Waals surface area contributed by atoms with E-state index in [0.717, 1.165) is 5.56 Å². The average Bonchev–Trinajstić information content (AvgIpc) is 2.61. The number of nitrogens with zero attached hydrogens (tertiary/aromatic N) is 1. The van der Waals surface area contributed by atoms with Crippen LogP contribution >= 0.6 is 0 Å². The molecule has 0 spiro atoms. The van der Waals surface area contributed by atoms with E-state index >= 15 is 0 Å². The number of rotatable bonds is 7. The third kappa shape index (κ3) is 6.64. The number of ether oxygens (including phenoxy) is 1. The maximum Gasteiger partial charge on any atom is 0.313 e. The summed E-state index contributed by atoms with van der Waals surface area (Å²) in [4.78, 5) is 25.4. The van der Waals surface area contributed by atoms with Gasteiger partial charge < -0.3 is 20.3 Å². The highest BCUT2D eigenvalue weighted by molar-refractivity contribution is 6.39. The van der Waals surface area contributed by atoms with Gasteiger partial charge in [0, 0.05) is 18.8 Å². The Morgan fingerprint density at radius 2 is 1.64 bits per heavy atom. The largest absolute Gasteiger partial charge is 0.489 e. The highest BCUT2D eigenvalue weighted by Gasteiger charge is 2.13. The van der Waals surface area contributed by atoms with Crippen LogP contribution in [0.2, 0.25) is 0 Å². The smallest absolute Gasteiger partial charge is 0.313 e. The minimum absolute atomic E-state index is 0.422. The Morgan fingerprint density at radius 3 is 2.28 bits per heavy atom. The van der Waals surface area contributed by atoms with Gasteiger partial charge in [0.25, 0.3) is 0 Å². The van der Waals surface area contributed by atoms with Gasteiger partial charge in [-0.2, -0.15) is 0 Å². The summed E-state index contributed by atoms with van der Waals surface area (Å²) in [5.41, 5.74) is 1.62. The van der Waals surface area contributed by atoms with Crippen molar-refractivity contribution in [3.63, 3.8) is 0 Å². The second kappa shape index (κ2) is 9.44. The van der Waals surface area contributed by atoms with Crippen LogP contribution in [0.5, 0.6) is 5.75 Å². The van der Waals surface area contributed by atoms with Crippen molar-refractivity contribution >= 4 is 17.5 Å². The fourth-order valence-electron chi connectivity index (χ4n) is 2.04. The van der Waals surface area contributed by atoms with Crippen LogP contribution < -0.4 is 15.4 Å². The lowest BCUT2D eigenvalue weighted by Gasteiger charge is -2.11. The molecule has 0 radical (unpaired) electrons.